The third-order valence-corrected chi connectivity index (χ3v) is 0.957. The van der Waals surface area contributed by atoms with Gasteiger partial charge in [0.15, 0.2) is 0 Å². The minimum Gasteiger partial charge on any atom is -0.306 e. The van der Waals surface area contributed by atoms with Crippen molar-refractivity contribution >= 4 is 20.2 Å². The van der Waals surface area contributed by atoms with Gasteiger partial charge in [0.25, 0.3) is 0 Å². The molecule has 0 aromatic heterocycles. The maximum Gasteiger partial charge on any atom is 0.459 e. The Morgan fingerprint density at radius 2 is 1.83 bits per heavy atom. The smallest absolute Gasteiger partial charge is 0.306 e. The fraction of sp³-hybridized carbons (Fsp3) is 0. The summed E-state index contributed by atoms with van der Waals surface area (Å²) in [5.41, 5.74) is 0. The van der Waals surface area contributed by atoms with Crippen LogP contribution in [0.15, 0.2) is 4.13 Å². The zero-order valence-corrected chi connectivity index (χ0v) is 4.32. The molecule has 0 spiro atoms. The Bertz CT molecular complexity index is 93.0. The van der Waals surface area contributed by atoms with Gasteiger partial charge in [-0.1, -0.05) is 0 Å². The lowest BCUT2D eigenvalue weighted by atomic mass is 13.9. The minimum atomic E-state index is -4.21. The second-order valence-corrected chi connectivity index (χ2v) is 2.27. The van der Waals surface area contributed by atoms with Crippen molar-refractivity contribution in [1.29, 1.82) is 0 Å². The second kappa shape index (κ2) is 1.75. The summed E-state index contributed by atoms with van der Waals surface area (Å²) in [5, 5.41) is 0. The summed E-state index contributed by atoms with van der Waals surface area (Å²) < 4.78 is 11.7. The van der Waals surface area contributed by atoms with Crippen LogP contribution >= 0.6 is 7.75 Å². The molecule has 0 amide bonds. The van der Waals surface area contributed by atoms with Gasteiger partial charge in [-0.15, -0.1) is 4.13 Å². The molecule has 0 aromatic carbocycles. The highest BCUT2D eigenvalue weighted by Gasteiger charge is 2.05. The van der Waals surface area contributed by atoms with E-state index in [1.54, 1.807) is 0 Å². The molecule has 0 fully saturated rings. The van der Waals surface area contributed by atoms with Crippen molar-refractivity contribution in [1.82, 2.24) is 0 Å². The highest BCUT2D eigenvalue weighted by atomic mass is 32.1. The Morgan fingerprint density at radius 1 is 1.67 bits per heavy atom. The molecule has 2 N–H and O–H groups in total. The minimum absolute atomic E-state index is 2.27. The highest BCUT2D eigenvalue weighted by Crippen LogP contribution is 2.34. The quantitative estimate of drug-likeness (QED) is 0.479. The maximum atomic E-state index is 9.42. The van der Waals surface area contributed by atoms with Crippen LogP contribution in [0, 0.1) is 0 Å². The Morgan fingerprint density at radius 3 is 1.83 bits per heavy atom. The first kappa shape index (κ1) is 6.17. The molecule has 0 unspecified atom stereocenters. The lowest BCUT2D eigenvalue weighted by Crippen LogP contribution is -1.63. The van der Waals surface area contributed by atoms with Crippen molar-refractivity contribution in [3.05, 3.63) is 0 Å². The van der Waals surface area contributed by atoms with Gasteiger partial charge in [-0.2, -0.15) is 0 Å². The van der Waals surface area contributed by atoms with Gasteiger partial charge in [0.1, 0.15) is 0 Å². The zero-order chi connectivity index (χ0) is 5.21. The molecular formula is H2NO3PS. The molecule has 0 saturated carbocycles. The predicted octanol–water partition coefficient (Wildman–Crippen LogP) is -0.190. The summed E-state index contributed by atoms with van der Waals surface area (Å²) in [7, 11) is -4.21. The Kier molecular flexibility index (Phi) is 1.80. The number of hydrogen-bond acceptors (Lipinski definition) is 2. The lowest BCUT2D eigenvalue weighted by molar-refractivity contribution is 0.376. The first-order chi connectivity index (χ1) is 2.56. The van der Waals surface area contributed by atoms with E-state index in [2.05, 4.69) is 16.6 Å². The summed E-state index contributed by atoms with van der Waals surface area (Å²) in [6, 6.07) is 0. The van der Waals surface area contributed by atoms with E-state index in [9.17, 15) is 4.57 Å². The van der Waals surface area contributed by atoms with Gasteiger partial charge in [0.05, 0.1) is 0 Å². The molecule has 0 atom stereocenters. The van der Waals surface area contributed by atoms with E-state index in [-0.39, 0.29) is 0 Å². The Balaban J connectivity index is 3.81. The molecule has 0 radical (unpaired) electrons. The average molecular weight is 127 g/mol. The van der Waals surface area contributed by atoms with Crippen molar-refractivity contribution in [2.24, 2.45) is 4.13 Å². The first-order valence-corrected chi connectivity index (χ1v) is 2.90. The van der Waals surface area contributed by atoms with Crippen LogP contribution in [0.2, 0.25) is 0 Å². The SMILES string of the molecule is O=P(O)(O)N=S. The second-order valence-electron chi connectivity index (χ2n) is 0.595. The van der Waals surface area contributed by atoms with Crippen LogP contribution in [0.5, 0.6) is 0 Å². The fourth-order valence-corrected chi connectivity index (χ4v) is 0. The highest BCUT2D eigenvalue weighted by molar-refractivity contribution is 7.61. The molecule has 0 aliphatic carbocycles. The summed E-state index contributed by atoms with van der Waals surface area (Å²) in [4.78, 5) is 15.3. The van der Waals surface area contributed by atoms with Crippen molar-refractivity contribution in [2.45, 2.75) is 0 Å². The molecule has 0 rings (SSSR count). The molecule has 6 heteroatoms. The number of hydrogen-bond donors (Lipinski definition) is 2. The Labute approximate surface area is 39.6 Å². The van der Waals surface area contributed by atoms with Crippen LogP contribution in [-0.2, 0) is 17.0 Å². The standard InChI is InChI=1S/H2NO3PS/c2-5(3,4)1-6/h(H2,2,3,4). The summed E-state index contributed by atoms with van der Waals surface area (Å²) in [6.07, 6.45) is 0. The summed E-state index contributed by atoms with van der Waals surface area (Å²) in [5.74, 6) is 0. The normalized spacial score (nSPS) is 11.0. The third kappa shape index (κ3) is 4.17. The Hall–Kier alpha value is 0.170. The van der Waals surface area contributed by atoms with E-state index in [1.165, 1.54) is 0 Å². The summed E-state index contributed by atoms with van der Waals surface area (Å²) in [6.45, 7) is 0. The third-order valence-electron chi connectivity index (χ3n) is 0.106. The zero-order valence-electron chi connectivity index (χ0n) is 2.61. The maximum absolute atomic E-state index is 9.42. The van der Waals surface area contributed by atoms with Crippen molar-refractivity contribution in [3.63, 3.8) is 0 Å². The van der Waals surface area contributed by atoms with Gasteiger partial charge in [0.2, 0.25) is 0 Å². The lowest BCUT2D eigenvalue weighted by Gasteiger charge is -1.84. The van der Waals surface area contributed by atoms with E-state index in [4.69, 9.17) is 9.79 Å². The van der Waals surface area contributed by atoms with E-state index >= 15 is 0 Å². The topological polar surface area (TPSA) is 69.9 Å². The van der Waals surface area contributed by atoms with E-state index in [0.717, 1.165) is 0 Å². The van der Waals surface area contributed by atoms with Gasteiger partial charge in [0, 0.05) is 12.4 Å². The van der Waals surface area contributed by atoms with E-state index in [0.29, 0.717) is 0 Å². The van der Waals surface area contributed by atoms with Gasteiger partial charge in [-0.3, -0.25) is 0 Å². The van der Waals surface area contributed by atoms with Crippen molar-refractivity contribution < 1.29 is 14.4 Å². The molecule has 0 aliphatic heterocycles. The van der Waals surface area contributed by atoms with Crippen LogP contribution in [0.25, 0.3) is 0 Å². The van der Waals surface area contributed by atoms with Gasteiger partial charge in [-0.25, -0.2) is 4.57 Å². The van der Waals surface area contributed by atoms with E-state index in [1.807, 2.05) is 0 Å². The molecule has 0 heterocycles. The van der Waals surface area contributed by atoms with Crippen LogP contribution in [0.1, 0.15) is 0 Å². The van der Waals surface area contributed by atoms with Crippen molar-refractivity contribution in [2.75, 3.05) is 0 Å². The molecule has 6 heavy (non-hydrogen) atoms. The number of nitrogens with zero attached hydrogens (tertiary/aromatic N) is 1. The summed E-state index contributed by atoms with van der Waals surface area (Å²) >= 11 is 3.65. The monoisotopic (exact) mass is 127 g/mol. The van der Waals surface area contributed by atoms with Gasteiger partial charge in [-0.05, 0) is 0 Å². The molecule has 0 saturated heterocycles. The van der Waals surface area contributed by atoms with Crippen LogP contribution in [0.3, 0.4) is 0 Å². The van der Waals surface area contributed by atoms with Crippen LogP contribution < -0.4 is 0 Å². The first-order valence-electron chi connectivity index (χ1n) is 0.965. The van der Waals surface area contributed by atoms with Crippen molar-refractivity contribution in [3.8, 4) is 0 Å². The van der Waals surface area contributed by atoms with Crippen LogP contribution in [-0.4, -0.2) is 9.79 Å². The molecule has 0 aliphatic rings. The number of rotatable bonds is 1. The molecule has 0 bridgehead atoms. The van der Waals surface area contributed by atoms with Gasteiger partial charge < -0.3 is 9.79 Å². The van der Waals surface area contributed by atoms with Crippen LogP contribution in [0.4, 0.5) is 0 Å². The predicted molar refractivity (Wildman–Crippen MR) is 21.8 cm³/mol. The molecule has 0 aromatic rings. The largest absolute Gasteiger partial charge is 0.459 e. The average Bonchev–Trinajstić information content (AvgIpc) is 1.35. The molecule has 4 nitrogen and oxygen atoms in total. The van der Waals surface area contributed by atoms with Gasteiger partial charge >= 0.3 is 7.75 Å². The molecular weight excluding hydrogens is 125 g/mol. The molecule has 36 valence electrons. The van der Waals surface area contributed by atoms with E-state index < -0.39 is 7.75 Å². The fourth-order valence-electron chi connectivity index (χ4n) is 0.